The Hall–Kier alpha value is -1.33. The molecule has 90 valence electrons. The molecule has 1 unspecified atom stereocenters. The van der Waals surface area contributed by atoms with Gasteiger partial charge in [0.15, 0.2) is 9.84 Å². The summed E-state index contributed by atoms with van der Waals surface area (Å²) in [5, 5.41) is 4.37. The van der Waals surface area contributed by atoms with Crippen LogP contribution in [0, 0.1) is 0 Å². The van der Waals surface area contributed by atoms with E-state index in [9.17, 15) is 8.42 Å². The fraction of sp³-hybridized carbons (Fsp3) is 0.333. The van der Waals surface area contributed by atoms with Gasteiger partial charge >= 0.3 is 0 Å². The fourth-order valence-corrected chi connectivity index (χ4v) is 3.77. The first-order valence-corrected chi connectivity index (χ1v) is 7.48. The molecule has 3 rings (SSSR count). The summed E-state index contributed by atoms with van der Waals surface area (Å²) in [6.45, 7) is 0.534. The van der Waals surface area contributed by atoms with Crippen LogP contribution in [0.1, 0.15) is 11.6 Å². The Morgan fingerprint density at radius 3 is 2.88 bits per heavy atom. The van der Waals surface area contributed by atoms with Crippen LogP contribution in [0.15, 0.2) is 30.5 Å². The van der Waals surface area contributed by atoms with Crippen molar-refractivity contribution >= 4 is 20.7 Å². The van der Waals surface area contributed by atoms with E-state index in [4.69, 9.17) is 0 Å². The second-order valence-corrected chi connectivity index (χ2v) is 6.64. The van der Waals surface area contributed by atoms with Gasteiger partial charge in [0.2, 0.25) is 0 Å². The first-order valence-electron chi connectivity index (χ1n) is 5.65. The lowest BCUT2D eigenvalue weighted by Crippen LogP contribution is -2.39. The zero-order valence-corrected chi connectivity index (χ0v) is 10.1. The van der Waals surface area contributed by atoms with Crippen LogP contribution in [-0.4, -0.2) is 31.5 Å². The van der Waals surface area contributed by atoms with Crippen LogP contribution in [0.4, 0.5) is 0 Å². The highest BCUT2D eigenvalue weighted by Gasteiger charge is 2.26. The van der Waals surface area contributed by atoms with Gasteiger partial charge in [-0.2, -0.15) is 0 Å². The van der Waals surface area contributed by atoms with Crippen molar-refractivity contribution in [1.29, 1.82) is 0 Å². The highest BCUT2D eigenvalue weighted by atomic mass is 32.2. The predicted octanol–water partition coefficient (Wildman–Crippen LogP) is 1.23. The van der Waals surface area contributed by atoms with Crippen molar-refractivity contribution in [2.45, 2.75) is 6.04 Å². The number of hydrogen-bond acceptors (Lipinski definition) is 3. The van der Waals surface area contributed by atoms with E-state index >= 15 is 0 Å². The number of fused-ring (bicyclic) bond motifs is 1. The van der Waals surface area contributed by atoms with Crippen LogP contribution >= 0.6 is 0 Å². The number of aromatic nitrogens is 1. The molecule has 0 amide bonds. The molecule has 17 heavy (non-hydrogen) atoms. The van der Waals surface area contributed by atoms with Gasteiger partial charge in [-0.15, -0.1) is 0 Å². The van der Waals surface area contributed by atoms with Gasteiger partial charge in [-0.05, 0) is 11.6 Å². The molecule has 2 aromatic rings. The third-order valence-corrected chi connectivity index (χ3v) is 4.89. The highest BCUT2D eigenvalue weighted by Crippen LogP contribution is 2.26. The lowest BCUT2D eigenvalue weighted by molar-refractivity contribution is 0.532. The minimum Gasteiger partial charge on any atom is -0.361 e. The summed E-state index contributed by atoms with van der Waals surface area (Å²) in [7, 11) is -2.90. The average Bonchev–Trinajstić information content (AvgIpc) is 2.71. The SMILES string of the molecule is O=S1(=O)CCNC(c2c[nH]c3ccccc23)C1. The Labute approximate surface area is 100.0 Å². The molecular weight excluding hydrogens is 236 g/mol. The van der Waals surface area contributed by atoms with Crippen LogP contribution in [0.2, 0.25) is 0 Å². The Bertz CT molecular complexity index is 645. The zero-order valence-electron chi connectivity index (χ0n) is 9.31. The maximum atomic E-state index is 11.6. The Morgan fingerprint density at radius 1 is 1.24 bits per heavy atom. The number of benzene rings is 1. The Kier molecular flexibility index (Phi) is 2.45. The molecule has 4 nitrogen and oxygen atoms in total. The van der Waals surface area contributed by atoms with Crippen molar-refractivity contribution in [2.75, 3.05) is 18.1 Å². The van der Waals surface area contributed by atoms with Gasteiger partial charge in [0.25, 0.3) is 0 Å². The topological polar surface area (TPSA) is 62.0 Å². The summed E-state index contributed by atoms with van der Waals surface area (Å²) in [4.78, 5) is 3.18. The number of sulfone groups is 1. The third-order valence-electron chi connectivity index (χ3n) is 3.22. The molecule has 5 heteroatoms. The van der Waals surface area contributed by atoms with Crippen LogP contribution in [0.3, 0.4) is 0 Å². The van der Waals surface area contributed by atoms with E-state index in [-0.39, 0.29) is 17.5 Å². The normalized spacial score (nSPS) is 23.9. The van der Waals surface area contributed by atoms with E-state index in [1.165, 1.54) is 0 Å². The molecule has 0 saturated carbocycles. The third kappa shape index (κ3) is 1.96. The second-order valence-electron chi connectivity index (χ2n) is 4.41. The molecule has 1 aliphatic heterocycles. The number of nitrogens with one attached hydrogen (secondary N) is 2. The Balaban J connectivity index is 2.04. The summed E-state index contributed by atoms with van der Waals surface area (Å²) < 4.78 is 23.3. The van der Waals surface area contributed by atoms with Gasteiger partial charge in [0.05, 0.1) is 11.5 Å². The molecule has 1 aliphatic rings. The molecule has 0 spiro atoms. The summed E-state index contributed by atoms with van der Waals surface area (Å²) >= 11 is 0. The summed E-state index contributed by atoms with van der Waals surface area (Å²) in [6.07, 6.45) is 1.91. The molecule has 0 bridgehead atoms. The van der Waals surface area contributed by atoms with Gasteiger partial charge < -0.3 is 10.3 Å². The minimum atomic E-state index is -2.90. The standard InChI is InChI=1S/C12H14N2O2S/c15-17(16)6-5-13-12(8-17)10-7-14-11-4-2-1-3-9(10)11/h1-4,7,12-14H,5-6,8H2. The number of para-hydroxylation sites is 1. The summed E-state index contributed by atoms with van der Waals surface area (Å²) in [6, 6.07) is 7.86. The highest BCUT2D eigenvalue weighted by molar-refractivity contribution is 7.91. The van der Waals surface area contributed by atoms with Crippen molar-refractivity contribution in [3.8, 4) is 0 Å². The van der Waals surface area contributed by atoms with Crippen LogP contribution < -0.4 is 5.32 Å². The van der Waals surface area contributed by atoms with E-state index in [0.29, 0.717) is 6.54 Å². The zero-order chi connectivity index (χ0) is 11.9. The maximum absolute atomic E-state index is 11.6. The predicted molar refractivity (Wildman–Crippen MR) is 67.7 cm³/mol. The van der Waals surface area contributed by atoms with Crippen LogP contribution in [0.5, 0.6) is 0 Å². The minimum absolute atomic E-state index is 0.0927. The molecule has 2 N–H and O–H groups in total. The average molecular weight is 250 g/mol. The van der Waals surface area contributed by atoms with Crippen molar-refractivity contribution < 1.29 is 8.42 Å². The largest absolute Gasteiger partial charge is 0.361 e. The van der Waals surface area contributed by atoms with Crippen molar-refractivity contribution in [1.82, 2.24) is 10.3 Å². The first-order chi connectivity index (χ1) is 8.16. The summed E-state index contributed by atoms with van der Waals surface area (Å²) in [5.41, 5.74) is 2.09. The van der Waals surface area contributed by atoms with Gasteiger partial charge in [-0.1, -0.05) is 18.2 Å². The van der Waals surface area contributed by atoms with Gasteiger partial charge in [0, 0.05) is 29.7 Å². The van der Waals surface area contributed by atoms with Gasteiger partial charge in [-0.25, -0.2) is 8.42 Å². The molecular formula is C12H14N2O2S. The molecule has 1 aromatic heterocycles. The van der Waals surface area contributed by atoms with E-state index < -0.39 is 9.84 Å². The number of H-pyrrole nitrogens is 1. The lowest BCUT2D eigenvalue weighted by Gasteiger charge is -2.23. The lowest BCUT2D eigenvalue weighted by atomic mass is 10.1. The molecule has 0 aliphatic carbocycles. The maximum Gasteiger partial charge on any atom is 0.153 e. The van der Waals surface area contributed by atoms with E-state index in [1.807, 2.05) is 30.5 Å². The van der Waals surface area contributed by atoms with Gasteiger partial charge in [0.1, 0.15) is 0 Å². The Morgan fingerprint density at radius 2 is 2.06 bits per heavy atom. The van der Waals surface area contributed by atoms with Crippen molar-refractivity contribution in [3.05, 3.63) is 36.0 Å². The smallest absolute Gasteiger partial charge is 0.153 e. The number of aromatic amines is 1. The molecule has 1 aromatic carbocycles. The second kappa shape index (κ2) is 3.85. The molecule has 1 atom stereocenters. The van der Waals surface area contributed by atoms with E-state index in [1.54, 1.807) is 0 Å². The van der Waals surface area contributed by atoms with Crippen LogP contribution in [-0.2, 0) is 9.84 Å². The number of hydrogen-bond donors (Lipinski definition) is 2. The number of rotatable bonds is 1. The molecule has 2 heterocycles. The summed E-state index contributed by atoms with van der Waals surface area (Å²) in [5.74, 6) is 0.431. The van der Waals surface area contributed by atoms with E-state index in [0.717, 1.165) is 16.5 Å². The first kappa shape index (κ1) is 10.8. The van der Waals surface area contributed by atoms with Crippen LogP contribution in [0.25, 0.3) is 10.9 Å². The molecule has 1 saturated heterocycles. The van der Waals surface area contributed by atoms with E-state index in [2.05, 4.69) is 10.3 Å². The van der Waals surface area contributed by atoms with Crippen molar-refractivity contribution in [3.63, 3.8) is 0 Å². The quantitative estimate of drug-likeness (QED) is 0.800. The van der Waals surface area contributed by atoms with Gasteiger partial charge in [-0.3, -0.25) is 0 Å². The molecule has 1 fully saturated rings. The monoisotopic (exact) mass is 250 g/mol. The fourth-order valence-electron chi connectivity index (χ4n) is 2.37. The van der Waals surface area contributed by atoms with Crippen molar-refractivity contribution in [2.24, 2.45) is 0 Å². The molecule has 0 radical (unpaired) electrons.